The number of benzene rings is 1. The summed E-state index contributed by atoms with van der Waals surface area (Å²) in [5, 5.41) is 26.2. The Morgan fingerprint density at radius 1 is 0.939 bits per heavy atom. The summed E-state index contributed by atoms with van der Waals surface area (Å²) >= 11 is 0. The van der Waals surface area contributed by atoms with Crippen molar-refractivity contribution in [2.75, 3.05) is 10.6 Å². The molecule has 2 aromatic heterocycles. The van der Waals surface area contributed by atoms with Gasteiger partial charge in [-0.3, -0.25) is 4.57 Å². The van der Waals surface area contributed by atoms with E-state index in [-0.39, 0.29) is 18.1 Å². The molecule has 33 heavy (non-hydrogen) atoms. The molecular weight excluding hydrogens is 437 g/mol. The summed E-state index contributed by atoms with van der Waals surface area (Å²) in [6.45, 7) is 0. The maximum atomic E-state index is 14.3. The highest BCUT2D eigenvalue weighted by Gasteiger charge is 2.32. The van der Waals surface area contributed by atoms with Gasteiger partial charge in [0.15, 0.2) is 17.3 Å². The number of rotatable bonds is 5. The highest BCUT2D eigenvalue weighted by molar-refractivity contribution is 5.77. The van der Waals surface area contributed by atoms with Gasteiger partial charge in [-0.1, -0.05) is 0 Å². The Labute approximate surface area is 187 Å². The minimum absolute atomic E-state index is 0.0904. The number of halogens is 3. The van der Waals surface area contributed by atoms with Crippen LogP contribution >= 0.6 is 0 Å². The first kappa shape index (κ1) is 21.9. The van der Waals surface area contributed by atoms with E-state index >= 15 is 0 Å². The smallest absolute Gasteiger partial charge is 0.224 e. The molecule has 0 spiro atoms. The molecule has 0 aliphatic heterocycles. The molecular formula is C22H25F3N6O2. The molecule has 1 aromatic carbocycles. The van der Waals surface area contributed by atoms with E-state index in [0.717, 1.165) is 19.3 Å². The average molecular weight is 462 g/mol. The van der Waals surface area contributed by atoms with Gasteiger partial charge in [-0.15, -0.1) is 0 Å². The number of imidazole rings is 1. The van der Waals surface area contributed by atoms with Crippen LogP contribution in [0.15, 0.2) is 18.3 Å². The van der Waals surface area contributed by atoms with Gasteiger partial charge in [-0.2, -0.15) is 4.98 Å². The van der Waals surface area contributed by atoms with Crippen LogP contribution in [0.3, 0.4) is 0 Å². The predicted molar refractivity (Wildman–Crippen MR) is 116 cm³/mol. The van der Waals surface area contributed by atoms with Crippen molar-refractivity contribution in [3.05, 3.63) is 35.8 Å². The second-order valence-corrected chi connectivity index (χ2v) is 8.79. The molecule has 2 aliphatic carbocycles. The van der Waals surface area contributed by atoms with Gasteiger partial charge in [-0.05, 0) is 44.9 Å². The minimum atomic E-state index is -1.09. The fraction of sp³-hybridized carbons (Fsp3) is 0.500. The van der Waals surface area contributed by atoms with E-state index in [0.29, 0.717) is 54.9 Å². The normalized spacial score (nSPS) is 25.5. The molecule has 2 atom stereocenters. The lowest BCUT2D eigenvalue weighted by molar-refractivity contribution is 0.126. The zero-order chi connectivity index (χ0) is 23.1. The van der Waals surface area contributed by atoms with Gasteiger partial charge in [-0.25, -0.2) is 23.1 Å². The maximum absolute atomic E-state index is 14.3. The molecule has 2 heterocycles. The Morgan fingerprint density at radius 2 is 1.67 bits per heavy atom. The fourth-order valence-electron chi connectivity index (χ4n) is 4.76. The number of fused-ring (bicyclic) bond motifs is 1. The van der Waals surface area contributed by atoms with Crippen LogP contribution in [0.1, 0.15) is 51.0 Å². The Kier molecular flexibility index (Phi) is 5.83. The standard InChI is InChI=1S/C22H25F3N6O2/c23-11-8-14(24)19(15(25)9-11)29-22-28-16-10-26-21(27-12-4-6-13(32)7-5-12)30-20(16)31(22)17-2-1-3-18(17)33/h8-10,12-13,17-18,32-33H,1-7H2,(H,28,29)(H,26,27,30)/t12?,13?,17-,18-/m0/s1. The van der Waals surface area contributed by atoms with E-state index in [2.05, 4.69) is 25.6 Å². The first-order chi connectivity index (χ1) is 15.9. The van der Waals surface area contributed by atoms with E-state index in [1.807, 2.05) is 0 Å². The van der Waals surface area contributed by atoms with Crippen molar-refractivity contribution in [3.8, 4) is 0 Å². The first-order valence-corrected chi connectivity index (χ1v) is 11.2. The predicted octanol–water partition coefficient (Wildman–Crippen LogP) is 3.79. The zero-order valence-electron chi connectivity index (χ0n) is 17.8. The van der Waals surface area contributed by atoms with Crippen molar-refractivity contribution >= 4 is 28.7 Å². The third-order valence-electron chi connectivity index (χ3n) is 6.48. The Hall–Kier alpha value is -2.92. The molecule has 8 nitrogen and oxygen atoms in total. The Balaban J connectivity index is 1.53. The van der Waals surface area contributed by atoms with Crippen molar-refractivity contribution in [1.82, 2.24) is 19.5 Å². The van der Waals surface area contributed by atoms with Gasteiger partial charge in [0.25, 0.3) is 0 Å². The number of nitrogens with one attached hydrogen (secondary N) is 2. The molecule has 0 unspecified atom stereocenters. The van der Waals surface area contributed by atoms with Gasteiger partial charge in [0.1, 0.15) is 17.0 Å². The van der Waals surface area contributed by atoms with Gasteiger partial charge in [0, 0.05) is 18.2 Å². The fourth-order valence-corrected chi connectivity index (χ4v) is 4.76. The number of anilines is 3. The lowest BCUT2D eigenvalue weighted by atomic mass is 9.93. The highest BCUT2D eigenvalue weighted by Crippen LogP contribution is 2.37. The van der Waals surface area contributed by atoms with Crippen LogP contribution in [0.2, 0.25) is 0 Å². The van der Waals surface area contributed by atoms with Crippen LogP contribution in [0, 0.1) is 17.5 Å². The van der Waals surface area contributed by atoms with Crippen molar-refractivity contribution in [1.29, 1.82) is 0 Å². The molecule has 4 N–H and O–H groups in total. The summed E-state index contributed by atoms with van der Waals surface area (Å²) in [6, 6.07) is 0.910. The van der Waals surface area contributed by atoms with Crippen molar-refractivity contribution in [2.24, 2.45) is 0 Å². The first-order valence-electron chi connectivity index (χ1n) is 11.2. The number of aliphatic hydroxyl groups excluding tert-OH is 2. The summed E-state index contributed by atoms with van der Waals surface area (Å²) in [5.41, 5.74) is 0.274. The van der Waals surface area contributed by atoms with Crippen LogP contribution in [-0.2, 0) is 0 Å². The lowest BCUT2D eigenvalue weighted by Crippen LogP contribution is -2.29. The third kappa shape index (κ3) is 4.34. The number of hydrogen-bond acceptors (Lipinski definition) is 7. The summed E-state index contributed by atoms with van der Waals surface area (Å²) in [4.78, 5) is 13.3. The van der Waals surface area contributed by atoms with E-state index in [1.54, 1.807) is 4.57 Å². The summed E-state index contributed by atoms with van der Waals surface area (Å²) < 4.78 is 43.6. The van der Waals surface area contributed by atoms with Gasteiger partial charge in [0.05, 0.1) is 24.4 Å². The SMILES string of the molecule is OC1CCC(Nc2ncc3nc(Nc4c(F)cc(F)cc4F)n([C@H]4CCC[C@@H]4O)c3n2)CC1. The van der Waals surface area contributed by atoms with Crippen molar-refractivity contribution < 1.29 is 23.4 Å². The topological polar surface area (TPSA) is 108 Å². The Bertz CT molecular complexity index is 1140. The average Bonchev–Trinajstić information content (AvgIpc) is 3.34. The van der Waals surface area contributed by atoms with E-state index in [1.165, 1.54) is 6.20 Å². The highest BCUT2D eigenvalue weighted by atomic mass is 19.1. The third-order valence-corrected chi connectivity index (χ3v) is 6.48. The molecule has 0 saturated heterocycles. The molecule has 3 aromatic rings. The molecule has 0 amide bonds. The van der Waals surface area contributed by atoms with Crippen LogP contribution in [0.4, 0.5) is 30.8 Å². The van der Waals surface area contributed by atoms with E-state index in [4.69, 9.17) is 0 Å². The molecule has 0 bridgehead atoms. The number of aromatic nitrogens is 4. The molecule has 2 fully saturated rings. The molecule has 5 rings (SSSR count). The van der Waals surface area contributed by atoms with E-state index in [9.17, 15) is 23.4 Å². The molecule has 2 aliphatic rings. The summed E-state index contributed by atoms with van der Waals surface area (Å²) in [6.07, 6.45) is 5.57. The van der Waals surface area contributed by atoms with Gasteiger partial charge in [0.2, 0.25) is 11.9 Å². The second-order valence-electron chi connectivity index (χ2n) is 8.79. The quantitative estimate of drug-likeness (QED) is 0.457. The number of aliphatic hydroxyl groups is 2. The minimum Gasteiger partial charge on any atom is -0.393 e. The van der Waals surface area contributed by atoms with Crippen LogP contribution in [-0.4, -0.2) is 48.0 Å². The van der Waals surface area contributed by atoms with Crippen LogP contribution < -0.4 is 10.6 Å². The number of nitrogens with zero attached hydrogens (tertiary/aromatic N) is 4. The molecule has 11 heteroatoms. The molecule has 176 valence electrons. The molecule has 0 radical (unpaired) electrons. The van der Waals surface area contributed by atoms with Gasteiger partial charge >= 0.3 is 0 Å². The van der Waals surface area contributed by atoms with Crippen molar-refractivity contribution in [3.63, 3.8) is 0 Å². The Morgan fingerprint density at radius 3 is 2.33 bits per heavy atom. The zero-order valence-corrected chi connectivity index (χ0v) is 17.8. The second kappa shape index (κ2) is 8.79. The van der Waals surface area contributed by atoms with Crippen LogP contribution in [0.5, 0.6) is 0 Å². The van der Waals surface area contributed by atoms with Crippen LogP contribution in [0.25, 0.3) is 11.2 Å². The largest absolute Gasteiger partial charge is 0.393 e. The van der Waals surface area contributed by atoms with Gasteiger partial charge < -0.3 is 20.8 Å². The summed E-state index contributed by atoms with van der Waals surface area (Å²) in [5.74, 6) is -2.74. The summed E-state index contributed by atoms with van der Waals surface area (Å²) in [7, 11) is 0. The monoisotopic (exact) mass is 462 g/mol. The van der Waals surface area contributed by atoms with Crippen molar-refractivity contribution in [2.45, 2.75) is 69.2 Å². The van der Waals surface area contributed by atoms with E-state index < -0.39 is 35.3 Å². The molecule has 2 saturated carbocycles. The maximum Gasteiger partial charge on any atom is 0.224 e. The number of hydrogen-bond donors (Lipinski definition) is 4. The lowest BCUT2D eigenvalue weighted by Gasteiger charge is -2.26.